The van der Waals surface area contributed by atoms with E-state index >= 15 is 0 Å². The zero-order valence-corrected chi connectivity index (χ0v) is 7.04. The van der Waals surface area contributed by atoms with Crippen LogP contribution in [0.3, 0.4) is 0 Å². The van der Waals surface area contributed by atoms with Crippen LogP contribution in [0.25, 0.3) is 0 Å². The summed E-state index contributed by atoms with van der Waals surface area (Å²) in [6, 6.07) is 0. The van der Waals surface area contributed by atoms with Crippen LogP contribution in [-0.4, -0.2) is 17.7 Å². The molecule has 1 atom stereocenters. The molecule has 0 amide bonds. The Hall–Kier alpha value is -0.800. The predicted molar refractivity (Wildman–Crippen MR) is 46.4 cm³/mol. The van der Waals surface area contributed by atoms with Gasteiger partial charge in [0.05, 0.1) is 6.67 Å². The van der Waals surface area contributed by atoms with Crippen molar-refractivity contribution in [2.24, 2.45) is 0 Å². The first-order valence-electron chi connectivity index (χ1n) is 4.06. The first-order valence-corrected chi connectivity index (χ1v) is 4.06. The van der Waals surface area contributed by atoms with Gasteiger partial charge in [0.1, 0.15) is 6.17 Å². The van der Waals surface area contributed by atoms with Gasteiger partial charge in [-0.25, -0.2) is 10.9 Å². The van der Waals surface area contributed by atoms with Gasteiger partial charge in [-0.15, -0.1) is 0 Å². The maximum absolute atomic E-state index is 3.10. The molecule has 0 radical (unpaired) electrons. The molecule has 1 unspecified atom stereocenters. The summed E-state index contributed by atoms with van der Waals surface area (Å²) in [5.74, 6) is 0. The molecule has 0 aliphatic carbocycles. The Balaban J connectivity index is 0.000000281. The Kier molecular flexibility index (Phi) is 3.14. The molecule has 0 spiro atoms. The number of hydrogen-bond donors (Lipinski definition) is 2. The summed E-state index contributed by atoms with van der Waals surface area (Å²) in [4.78, 5) is 2.18. The highest BCUT2D eigenvalue weighted by molar-refractivity contribution is 5.13. The number of nitrogens with zero attached hydrogens (tertiary/aromatic N) is 1. The van der Waals surface area contributed by atoms with Crippen LogP contribution in [0.1, 0.15) is 13.8 Å². The molecular weight excluding hydrogens is 138 g/mol. The van der Waals surface area contributed by atoms with E-state index < -0.39 is 0 Å². The molecule has 2 aliphatic heterocycles. The third-order valence-electron chi connectivity index (χ3n) is 1.55. The highest BCUT2D eigenvalue weighted by Gasteiger charge is 2.18. The van der Waals surface area contributed by atoms with Gasteiger partial charge in [-0.3, -0.25) is 0 Å². The van der Waals surface area contributed by atoms with Crippen molar-refractivity contribution in [1.29, 1.82) is 0 Å². The van der Waals surface area contributed by atoms with E-state index in [2.05, 4.69) is 28.0 Å². The van der Waals surface area contributed by atoms with Crippen molar-refractivity contribution < 1.29 is 0 Å². The minimum absolute atomic E-state index is 0.370. The minimum Gasteiger partial charge on any atom is -0.344 e. The lowest BCUT2D eigenvalue weighted by Crippen LogP contribution is -2.32. The van der Waals surface area contributed by atoms with Gasteiger partial charge in [0.25, 0.3) is 0 Å². The van der Waals surface area contributed by atoms with E-state index in [0.29, 0.717) is 6.17 Å². The molecule has 2 heterocycles. The number of nitrogens with one attached hydrogen (secondary N) is 2. The highest BCUT2D eigenvalue weighted by atomic mass is 15.6. The minimum atomic E-state index is 0.370. The Labute approximate surface area is 67.7 Å². The molecule has 0 saturated carbocycles. The van der Waals surface area contributed by atoms with E-state index in [1.807, 2.05) is 26.0 Å². The maximum Gasteiger partial charge on any atom is 0.112 e. The number of rotatable bonds is 0. The molecule has 3 nitrogen and oxygen atoms in total. The molecule has 1 fully saturated rings. The maximum atomic E-state index is 3.10. The van der Waals surface area contributed by atoms with Gasteiger partial charge in [0.2, 0.25) is 0 Å². The molecule has 0 bridgehead atoms. The summed E-state index contributed by atoms with van der Waals surface area (Å²) in [6.07, 6.45) is 8.62. The van der Waals surface area contributed by atoms with E-state index in [1.54, 1.807) is 0 Å². The van der Waals surface area contributed by atoms with Gasteiger partial charge in [-0.05, 0) is 12.2 Å². The summed E-state index contributed by atoms with van der Waals surface area (Å²) < 4.78 is 0. The van der Waals surface area contributed by atoms with Crippen LogP contribution in [0, 0.1) is 0 Å². The third-order valence-corrected chi connectivity index (χ3v) is 1.55. The lowest BCUT2D eigenvalue weighted by molar-refractivity contribution is 0.381. The second-order valence-corrected chi connectivity index (χ2v) is 2.16. The molecule has 0 aromatic heterocycles. The second kappa shape index (κ2) is 4.16. The van der Waals surface area contributed by atoms with Gasteiger partial charge >= 0.3 is 0 Å². The van der Waals surface area contributed by atoms with E-state index in [1.165, 1.54) is 0 Å². The van der Waals surface area contributed by atoms with Crippen molar-refractivity contribution in [3.63, 3.8) is 0 Å². The normalized spacial score (nSPS) is 26.0. The molecule has 0 aromatic rings. The molecule has 2 aliphatic rings. The standard InChI is InChI=1S/C6H9N3.C2H6/c1-2-4-9-5-7-8-6(9)3-1;1-2/h1-4,6-8H,5H2;1-2H3. The van der Waals surface area contributed by atoms with Gasteiger partial charge in [-0.2, -0.15) is 0 Å². The van der Waals surface area contributed by atoms with E-state index in [9.17, 15) is 0 Å². The molecule has 62 valence electrons. The molecule has 3 heteroatoms. The average molecular weight is 153 g/mol. The Morgan fingerprint density at radius 2 is 2.18 bits per heavy atom. The Morgan fingerprint density at radius 3 is 2.91 bits per heavy atom. The van der Waals surface area contributed by atoms with Crippen LogP contribution < -0.4 is 10.9 Å². The Morgan fingerprint density at radius 1 is 1.36 bits per heavy atom. The fourth-order valence-electron chi connectivity index (χ4n) is 1.06. The van der Waals surface area contributed by atoms with Crippen LogP contribution in [0.15, 0.2) is 24.4 Å². The summed E-state index contributed by atoms with van der Waals surface area (Å²) in [5, 5.41) is 0. The van der Waals surface area contributed by atoms with Crippen molar-refractivity contribution in [2.75, 3.05) is 6.67 Å². The quantitative estimate of drug-likeness (QED) is 0.539. The van der Waals surface area contributed by atoms with Crippen molar-refractivity contribution in [3.05, 3.63) is 24.4 Å². The second-order valence-electron chi connectivity index (χ2n) is 2.16. The topological polar surface area (TPSA) is 27.3 Å². The third kappa shape index (κ3) is 1.82. The Bertz CT molecular complexity index is 145. The van der Waals surface area contributed by atoms with E-state index in [0.717, 1.165) is 6.67 Å². The van der Waals surface area contributed by atoms with Crippen molar-refractivity contribution in [1.82, 2.24) is 15.8 Å². The lowest BCUT2D eigenvalue weighted by atomic mass is 10.3. The average Bonchev–Trinajstić information content (AvgIpc) is 2.55. The zero-order chi connectivity index (χ0) is 8.10. The first kappa shape index (κ1) is 8.30. The van der Waals surface area contributed by atoms with Gasteiger partial charge in [0.15, 0.2) is 0 Å². The molecular formula is C8H15N3. The highest BCUT2D eigenvalue weighted by Crippen LogP contribution is 2.06. The smallest absolute Gasteiger partial charge is 0.112 e. The fraction of sp³-hybridized carbons (Fsp3) is 0.500. The van der Waals surface area contributed by atoms with Crippen LogP contribution in [0.4, 0.5) is 0 Å². The summed E-state index contributed by atoms with van der Waals surface area (Å²) in [5.41, 5.74) is 6.13. The number of hydrazine groups is 1. The summed E-state index contributed by atoms with van der Waals surface area (Å²) >= 11 is 0. The summed E-state index contributed by atoms with van der Waals surface area (Å²) in [6.45, 7) is 4.89. The van der Waals surface area contributed by atoms with Crippen LogP contribution >= 0.6 is 0 Å². The molecule has 11 heavy (non-hydrogen) atoms. The van der Waals surface area contributed by atoms with Crippen molar-refractivity contribution >= 4 is 0 Å². The molecule has 1 saturated heterocycles. The van der Waals surface area contributed by atoms with E-state index in [-0.39, 0.29) is 0 Å². The number of allylic oxidation sites excluding steroid dienone is 2. The number of hydrogen-bond acceptors (Lipinski definition) is 3. The molecule has 2 rings (SSSR count). The van der Waals surface area contributed by atoms with Gasteiger partial charge < -0.3 is 4.90 Å². The first-order chi connectivity index (χ1) is 5.47. The number of fused-ring (bicyclic) bond motifs is 1. The zero-order valence-electron chi connectivity index (χ0n) is 7.04. The van der Waals surface area contributed by atoms with Crippen LogP contribution in [0.5, 0.6) is 0 Å². The van der Waals surface area contributed by atoms with Crippen LogP contribution in [0.2, 0.25) is 0 Å². The predicted octanol–water partition coefficient (Wildman–Crippen LogP) is 0.789. The SMILES string of the molecule is C1=CC2NNCN2C=C1.CC. The molecule has 0 aromatic carbocycles. The van der Waals surface area contributed by atoms with Crippen molar-refractivity contribution in [2.45, 2.75) is 20.0 Å². The summed E-state index contributed by atoms with van der Waals surface area (Å²) in [7, 11) is 0. The van der Waals surface area contributed by atoms with Crippen LogP contribution in [-0.2, 0) is 0 Å². The largest absolute Gasteiger partial charge is 0.344 e. The van der Waals surface area contributed by atoms with E-state index in [4.69, 9.17) is 0 Å². The molecule has 2 N–H and O–H groups in total. The lowest BCUT2D eigenvalue weighted by Gasteiger charge is -2.19. The monoisotopic (exact) mass is 153 g/mol. The van der Waals surface area contributed by atoms with Gasteiger partial charge in [-0.1, -0.05) is 19.9 Å². The fourth-order valence-corrected chi connectivity index (χ4v) is 1.06. The van der Waals surface area contributed by atoms with Crippen molar-refractivity contribution in [3.8, 4) is 0 Å². The van der Waals surface area contributed by atoms with Gasteiger partial charge in [0, 0.05) is 6.20 Å².